The number of oxazole rings is 1. The molecule has 1 fully saturated rings. The van der Waals surface area contributed by atoms with Gasteiger partial charge in [-0.05, 0) is 12.1 Å². The van der Waals surface area contributed by atoms with Gasteiger partial charge < -0.3 is 9.15 Å². The molecule has 1 saturated heterocycles. The molecule has 3 aromatic rings. The van der Waals surface area contributed by atoms with E-state index in [1.54, 1.807) is 0 Å². The molecule has 2 aromatic carbocycles. The summed E-state index contributed by atoms with van der Waals surface area (Å²) >= 11 is 0. The average molecular weight is 447 g/mol. The number of fused-ring (bicyclic) bond motifs is 1. The van der Waals surface area contributed by atoms with Gasteiger partial charge in [0.1, 0.15) is 0 Å². The van der Waals surface area contributed by atoms with E-state index in [9.17, 15) is 28.1 Å². The first-order valence-corrected chi connectivity index (χ1v) is 10.7. The molecule has 1 aliphatic rings. The van der Waals surface area contributed by atoms with E-state index in [-0.39, 0.29) is 40.3 Å². The summed E-state index contributed by atoms with van der Waals surface area (Å²) in [7, 11) is -3.78. The van der Waals surface area contributed by atoms with E-state index < -0.39 is 33.0 Å². The Morgan fingerprint density at radius 1 is 1.13 bits per heavy atom. The van der Waals surface area contributed by atoms with Crippen LogP contribution in [-0.4, -0.2) is 54.3 Å². The Hall–Kier alpha value is -3.35. The zero-order valence-electron chi connectivity index (χ0n) is 16.1. The minimum atomic E-state index is -3.78. The van der Waals surface area contributed by atoms with Gasteiger partial charge in [-0.1, -0.05) is 12.1 Å². The largest absolute Gasteiger partial charge is 0.420 e. The van der Waals surface area contributed by atoms with Crippen molar-refractivity contribution in [1.29, 1.82) is 0 Å². The van der Waals surface area contributed by atoms with Gasteiger partial charge in [0.2, 0.25) is 10.0 Å². The third-order valence-electron chi connectivity index (χ3n) is 4.93. The van der Waals surface area contributed by atoms with E-state index in [1.165, 1.54) is 40.7 Å². The maximum absolute atomic E-state index is 12.8. The lowest BCUT2D eigenvalue weighted by Gasteiger charge is -2.25. The number of hydrogen-bond donors (Lipinski definition) is 0. The second-order valence-corrected chi connectivity index (χ2v) is 8.77. The van der Waals surface area contributed by atoms with E-state index >= 15 is 0 Å². The number of carbonyl (C=O) groups excluding carboxylic acids is 1. The normalized spacial score (nSPS) is 15.2. The molecule has 31 heavy (non-hydrogen) atoms. The summed E-state index contributed by atoms with van der Waals surface area (Å²) in [5, 5.41) is 10.9. The molecule has 4 rings (SSSR count). The monoisotopic (exact) mass is 447 g/mol. The molecule has 0 amide bonds. The number of hydrogen-bond acceptors (Lipinski definition) is 8. The van der Waals surface area contributed by atoms with Gasteiger partial charge in [0.15, 0.2) is 11.4 Å². The number of rotatable bonds is 6. The van der Waals surface area contributed by atoms with Crippen LogP contribution in [0.4, 0.5) is 5.69 Å². The predicted octanol–water partition coefficient (Wildman–Crippen LogP) is 1.41. The second kappa shape index (κ2) is 8.06. The number of nitrogens with zero attached hydrogens (tertiary/aromatic N) is 3. The van der Waals surface area contributed by atoms with Crippen LogP contribution in [0.3, 0.4) is 0 Å². The Bertz CT molecular complexity index is 1340. The average Bonchev–Trinajstić information content (AvgIpc) is 3.08. The quantitative estimate of drug-likeness (QED) is 0.314. The first kappa shape index (κ1) is 20.9. The summed E-state index contributed by atoms with van der Waals surface area (Å²) in [6.07, 6.45) is 0. The van der Waals surface area contributed by atoms with Gasteiger partial charge in [0.25, 0.3) is 5.69 Å². The summed E-state index contributed by atoms with van der Waals surface area (Å²) in [5.74, 6) is -1.37. The van der Waals surface area contributed by atoms with Gasteiger partial charge in [-0.25, -0.2) is 13.2 Å². The van der Waals surface area contributed by atoms with Crippen LogP contribution in [0.2, 0.25) is 0 Å². The topological polar surface area (TPSA) is 142 Å². The number of non-ortho nitro benzene ring substituents is 1. The summed E-state index contributed by atoms with van der Waals surface area (Å²) in [4.78, 5) is 35.1. The lowest BCUT2D eigenvalue weighted by molar-refractivity contribution is -0.384. The van der Waals surface area contributed by atoms with Gasteiger partial charge in [0.05, 0.1) is 35.1 Å². The van der Waals surface area contributed by atoms with Crippen LogP contribution in [-0.2, 0) is 21.3 Å². The molecule has 0 atom stereocenters. The number of aromatic nitrogens is 1. The molecule has 0 aliphatic carbocycles. The van der Waals surface area contributed by atoms with Crippen molar-refractivity contribution in [1.82, 2.24) is 8.87 Å². The molecular formula is C19H17N3O8S. The highest BCUT2D eigenvalue weighted by Gasteiger charge is 2.27. The predicted molar refractivity (Wildman–Crippen MR) is 107 cm³/mol. The van der Waals surface area contributed by atoms with E-state index in [2.05, 4.69) is 0 Å². The van der Waals surface area contributed by atoms with Gasteiger partial charge in [0, 0.05) is 36.9 Å². The van der Waals surface area contributed by atoms with E-state index in [0.29, 0.717) is 13.2 Å². The summed E-state index contributed by atoms with van der Waals surface area (Å²) in [5.41, 5.74) is 0.0889. The molecule has 11 nitrogen and oxygen atoms in total. The Morgan fingerprint density at radius 2 is 1.87 bits per heavy atom. The highest BCUT2D eigenvalue weighted by Crippen LogP contribution is 2.23. The van der Waals surface area contributed by atoms with Crippen LogP contribution in [0.25, 0.3) is 11.1 Å². The second-order valence-electron chi connectivity index (χ2n) is 6.83. The molecule has 12 heteroatoms. The molecule has 0 unspecified atom stereocenters. The van der Waals surface area contributed by atoms with Crippen molar-refractivity contribution < 1.29 is 27.3 Å². The number of ether oxygens (including phenoxy) is 1. The highest BCUT2D eigenvalue weighted by molar-refractivity contribution is 7.89. The molecule has 1 aromatic heterocycles. The highest BCUT2D eigenvalue weighted by atomic mass is 32.2. The Balaban J connectivity index is 1.65. The van der Waals surface area contributed by atoms with Crippen molar-refractivity contribution in [2.75, 3.05) is 26.3 Å². The Kier molecular flexibility index (Phi) is 5.43. The van der Waals surface area contributed by atoms with E-state index in [1.807, 2.05) is 0 Å². The molecular weight excluding hydrogens is 430 g/mol. The minimum absolute atomic E-state index is 0.0196. The van der Waals surface area contributed by atoms with Crippen LogP contribution in [0.15, 0.2) is 56.6 Å². The van der Waals surface area contributed by atoms with Crippen molar-refractivity contribution in [3.63, 3.8) is 0 Å². The number of benzene rings is 2. The van der Waals surface area contributed by atoms with Crippen molar-refractivity contribution in [2.45, 2.75) is 11.4 Å². The fourth-order valence-electron chi connectivity index (χ4n) is 3.32. The molecule has 0 spiro atoms. The smallest absolute Gasteiger partial charge is 0.408 e. The van der Waals surface area contributed by atoms with Gasteiger partial charge in [-0.3, -0.25) is 19.5 Å². The molecule has 2 heterocycles. The number of carbonyl (C=O) groups is 1. The van der Waals surface area contributed by atoms with Crippen molar-refractivity contribution in [2.24, 2.45) is 0 Å². The Morgan fingerprint density at radius 3 is 2.58 bits per heavy atom. The molecule has 0 saturated carbocycles. The lowest BCUT2D eigenvalue weighted by atomic mass is 10.1. The van der Waals surface area contributed by atoms with Crippen molar-refractivity contribution in [3.8, 4) is 0 Å². The standard InChI is InChI=1S/C19H17N3O8S/c23-17(13-2-1-3-14(10-13)22(25)26)12-21-16-5-4-15(11-18(16)30-19(21)24)31(27,28)20-6-8-29-9-7-20/h1-5,10-11H,6-9,12H2. The van der Waals surface area contributed by atoms with Crippen LogP contribution in [0, 0.1) is 10.1 Å². The molecule has 0 N–H and O–H groups in total. The van der Waals surface area contributed by atoms with E-state index in [4.69, 9.17) is 9.15 Å². The minimum Gasteiger partial charge on any atom is -0.408 e. The number of nitro benzene ring substituents is 1. The number of nitro groups is 1. The van der Waals surface area contributed by atoms with Gasteiger partial charge in [-0.15, -0.1) is 0 Å². The van der Waals surface area contributed by atoms with Crippen molar-refractivity contribution >= 4 is 32.6 Å². The zero-order valence-corrected chi connectivity index (χ0v) is 16.9. The van der Waals surface area contributed by atoms with E-state index in [0.717, 1.165) is 10.6 Å². The molecule has 0 bridgehead atoms. The van der Waals surface area contributed by atoms with Crippen molar-refractivity contribution in [3.05, 3.63) is 68.7 Å². The van der Waals surface area contributed by atoms with Gasteiger partial charge in [-0.2, -0.15) is 4.31 Å². The van der Waals surface area contributed by atoms with Gasteiger partial charge >= 0.3 is 5.76 Å². The van der Waals surface area contributed by atoms with Crippen LogP contribution in [0.1, 0.15) is 10.4 Å². The molecule has 162 valence electrons. The number of morpholine rings is 1. The third kappa shape index (κ3) is 4.00. The fraction of sp³-hybridized carbons (Fsp3) is 0.263. The number of ketones is 1. The lowest BCUT2D eigenvalue weighted by Crippen LogP contribution is -2.40. The third-order valence-corrected chi connectivity index (χ3v) is 6.82. The van der Waals surface area contributed by atoms with Crippen LogP contribution < -0.4 is 5.76 Å². The van der Waals surface area contributed by atoms with Crippen LogP contribution in [0.5, 0.6) is 0 Å². The summed E-state index contributed by atoms with van der Waals surface area (Å²) in [6, 6.07) is 9.16. The fourth-order valence-corrected chi connectivity index (χ4v) is 4.74. The summed E-state index contributed by atoms with van der Waals surface area (Å²) < 4.78 is 38.3. The number of Topliss-reactive ketones (excluding diaryl/α,β-unsaturated/α-hetero) is 1. The number of sulfonamides is 1. The SMILES string of the molecule is O=C(Cn1c(=O)oc2cc(S(=O)(=O)N3CCOCC3)ccc21)c1cccc([N+](=O)[O-])c1. The molecule has 1 aliphatic heterocycles. The maximum Gasteiger partial charge on any atom is 0.420 e. The summed E-state index contributed by atoms with van der Waals surface area (Å²) in [6.45, 7) is 0.633. The zero-order chi connectivity index (χ0) is 22.2. The first-order chi connectivity index (χ1) is 14.8. The maximum atomic E-state index is 12.8. The molecule has 0 radical (unpaired) electrons. The Labute approximate surface area is 175 Å². The van der Waals surface area contributed by atoms with Crippen LogP contribution >= 0.6 is 0 Å². The first-order valence-electron chi connectivity index (χ1n) is 9.26.